The van der Waals surface area contributed by atoms with Gasteiger partial charge in [-0.25, -0.2) is 0 Å². The zero-order valence-corrected chi connectivity index (χ0v) is 11.1. The van der Waals surface area contributed by atoms with Crippen LogP contribution in [0.3, 0.4) is 0 Å². The molecular formula is C14H10ClF3O2. The van der Waals surface area contributed by atoms with E-state index in [9.17, 15) is 18.3 Å². The third kappa shape index (κ3) is 3.57. The molecule has 2 nitrogen and oxygen atoms in total. The van der Waals surface area contributed by atoms with E-state index < -0.39 is 12.1 Å². The summed E-state index contributed by atoms with van der Waals surface area (Å²) in [6, 6.07) is 8.48. The van der Waals surface area contributed by atoms with Crippen LogP contribution in [0.4, 0.5) is 13.2 Å². The quantitative estimate of drug-likeness (QED) is 0.853. The summed E-state index contributed by atoms with van der Waals surface area (Å²) in [5.41, 5.74) is 1.82. The lowest BCUT2D eigenvalue weighted by Crippen LogP contribution is -2.17. The molecule has 2 rings (SSSR count). The molecule has 0 unspecified atom stereocenters. The monoisotopic (exact) mass is 302 g/mol. The number of phenols is 1. The summed E-state index contributed by atoms with van der Waals surface area (Å²) >= 11 is 5.98. The first-order valence-corrected chi connectivity index (χ1v) is 5.99. The molecule has 106 valence electrons. The Morgan fingerprint density at radius 1 is 1.05 bits per heavy atom. The summed E-state index contributed by atoms with van der Waals surface area (Å²) < 4.78 is 40.4. The molecule has 2 aromatic rings. The number of rotatable bonds is 2. The molecule has 0 radical (unpaired) electrons. The predicted octanol–water partition coefficient (Wildman–Crippen LogP) is 4.92. The Balaban J connectivity index is 2.43. The van der Waals surface area contributed by atoms with Gasteiger partial charge in [-0.1, -0.05) is 23.7 Å². The molecule has 0 saturated carbocycles. The van der Waals surface area contributed by atoms with Crippen molar-refractivity contribution in [1.29, 1.82) is 0 Å². The van der Waals surface area contributed by atoms with Gasteiger partial charge < -0.3 is 9.84 Å². The molecular weight excluding hydrogens is 293 g/mol. The molecule has 0 aromatic heterocycles. The third-order valence-corrected chi connectivity index (χ3v) is 3.04. The summed E-state index contributed by atoms with van der Waals surface area (Å²) in [7, 11) is 0. The van der Waals surface area contributed by atoms with Gasteiger partial charge in [0, 0.05) is 11.1 Å². The summed E-state index contributed by atoms with van der Waals surface area (Å²) in [4.78, 5) is 0. The maximum Gasteiger partial charge on any atom is 0.573 e. The normalized spacial score (nSPS) is 11.4. The summed E-state index contributed by atoms with van der Waals surface area (Å²) in [6.45, 7) is 1.81. The highest BCUT2D eigenvalue weighted by Gasteiger charge is 2.31. The van der Waals surface area contributed by atoms with Gasteiger partial charge in [-0.3, -0.25) is 0 Å². The van der Waals surface area contributed by atoms with Crippen LogP contribution in [-0.2, 0) is 0 Å². The van der Waals surface area contributed by atoms with Crippen LogP contribution in [0.15, 0.2) is 36.4 Å². The maximum absolute atomic E-state index is 12.2. The van der Waals surface area contributed by atoms with Crippen molar-refractivity contribution >= 4 is 11.6 Å². The molecule has 0 aliphatic carbocycles. The second kappa shape index (κ2) is 5.25. The van der Waals surface area contributed by atoms with Gasteiger partial charge in [-0.05, 0) is 41.8 Å². The second-order valence-electron chi connectivity index (χ2n) is 4.23. The van der Waals surface area contributed by atoms with E-state index in [1.165, 1.54) is 12.1 Å². The Labute approximate surface area is 118 Å². The number of alkyl halides is 3. The molecule has 0 saturated heterocycles. The van der Waals surface area contributed by atoms with Crippen LogP contribution < -0.4 is 4.74 Å². The van der Waals surface area contributed by atoms with Gasteiger partial charge in [0.2, 0.25) is 0 Å². The maximum atomic E-state index is 12.2. The van der Waals surface area contributed by atoms with Crippen LogP contribution in [0.25, 0.3) is 11.1 Å². The molecule has 0 bridgehead atoms. The fourth-order valence-electron chi connectivity index (χ4n) is 1.71. The van der Waals surface area contributed by atoms with Gasteiger partial charge in [0.15, 0.2) is 0 Å². The topological polar surface area (TPSA) is 29.5 Å². The molecule has 0 fully saturated rings. The molecule has 20 heavy (non-hydrogen) atoms. The van der Waals surface area contributed by atoms with Gasteiger partial charge in [-0.15, -0.1) is 13.2 Å². The van der Waals surface area contributed by atoms with Crippen LogP contribution in [-0.4, -0.2) is 11.5 Å². The lowest BCUT2D eigenvalue weighted by atomic mass is 10.0. The van der Waals surface area contributed by atoms with Gasteiger partial charge in [0.25, 0.3) is 0 Å². The van der Waals surface area contributed by atoms with E-state index in [-0.39, 0.29) is 5.75 Å². The van der Waals surface area contributed by atoms with Gasteiger partial charge in [-0.2, -0.15) is 0 Å². The highest BCUT2D eigenvalue weighted by atomic mass is 35.5. The van der Waals surface area contributed by atoms with Crippen molar-refractivity contribution in [3.63, 3.8) is 0 Å². The van der Waals surface area contributed by atoms with E-state index >= 15 is 0 Å². The summed E-state index contributed by atoms with van der Waals surface area (Å²) in [5.74, 6) is -0.803. The summed E-state index contributed by atoms with van der Waals surface area (Å²) in [6.07, 6.45) is -4.81. The molecule has 0 atom stereocenters. The van der Waals surface area contributed by atoms with E-state index in [1.54, 1.807) is 18.2 Å². The average molecular weight is 303 g/mol. The van der Waals surface area contributed by atoms with E-state index in [4.69, 9.17) is 11.6 Å². The lowest BCUT2D eigenvalue weighted by Gasteiger charge is -2.11. The van der Waals surface area contributed by atoms with Crippen molar-refractivity contribution in [1.82, 2.24) is 0 Å². The first-order valence-electron chi connectivity index (χ1n) is 5.61. The van der Waals surface area contributed by atoms with Crippen LogP contribution in [0, 0.1) is 6.92 Å². The number of aromatic hydroxyl groups is 1. The van der Waals surface area contributed by atoms with E-state index in [2.05, 4.69) is 4.74 Å². The number of hydrogen-bond donors (Lipinski definition) is 1. The summed E-state index contributed by atoms with van der Waals surface area (Å²) in [5, 5.41) is 9.99. The average Bonchev–Trinajstić information content (AvgIpc) is 2.29. The molecule has 0 heterocycles. The first kappa shape index (κ1) is 14.5. The van der Waals surface area contributed by atoms with Crippen LogP contribution in [0.1, 0.15) is 5.56 Å². The fourth-order valence-corrected chi connectivity index (χ4v) is 1.90. The minimum absolute atomic E-state index is 0.321. The second-order valence-corrected chi connectivity index (χ2v) is 4.63. The number of phenolic OH excluding ortho intramolecular Hbond substituents is 1. The zero-order valence-electron chi connectivity index (χ0n) is 10.3. The molecule has 0 aliphatic rings. The molecule has 2 aromatic carbocycles. The largest absolute Gasteiger partial charge is 0.573 e. The predicted molar refractivity (Wildman–Crippen MR) is 70.0 cm³/mol. The third-order valence-electron chi connectivity index (χ3n) is 2.63. The van der Waals surface area contributed by atoms with Gasteiger partial charge in [0.05, 0.1) is 0 Å². The molecule has 0 spiro atoms. The number of aryl methyl sites for hydroxylation is 1. The highest BCUT2D eigenvalue weighted by molar-refractivity contribution is 6.31. The Hall–Kier alpha value is -1.88. The Morgan fingerprint density at radius 3 is 2.35 bits per heavy atom. The van der Waals surface area contributed by atoms with Crippen LogP contribution in [0.2, 0.25) is 5.02 Å². The number of hydrogen-bond acceptors (Lipinski definition) is 2. The highest BCUT2D eigenvalue weighted by Crippen LogP contribution is 2.33. The van der Waals surface area contributed by atoms with Crippen molar-refractivity contribution in [2.24, 2.45) is 0 Å². The van der Waals surface area contributed by atoms with Crippen molar-refractivity contribution in [3.05, 3.63) is 47.0 Å². The standard InChI is InChI=1S/C14H10ClF3O2/c1-8-2-3-9(6-13(8)15)10-4-11(19)7-12(5-10)20-14(16,17)18/h2-7,19H,1H3. The van der Waals surface area contributed by atoms with Crippen LogP contribution >= 0.6 is 11.6 Å². The Morgan fingerprint density at radius 2 is 1.75 bits per heavy atom. The van der Waals surface area contributed by atoms with E-state index in [1.807, 2.05) is 6.92 Å². The fraction of sp³-hybridized carbons (Fsp3) is 0.143. The smallest absolute Gasteiger partial charge is 0.508 e. The minimum atomic E-state index is -4.81. The van der Waals surface area contributed by atoms with Crippen molar-refractivity contribution < 1.29 is 23.0 Å². The number of halogens is 4. The van der Waals surface area contributed by atoms with E-state index in [0.717, 1.165) is 11.6 Å². The first-order chi connectivity index (χ1) is 9.24. The Bertz CT molecular complexity index is 639. The lowest BCUT2D eigenvalue weighted by molar-refractivity contribution is -0.274. The number of benzene rings is 2. The van der Waals surface area contributed by atoms with Gasteiger partial charge in [0.1, 0.15) is 11.5 Å². The minimum Gasteiger partial charge on any atom is -0.508 e. The van der Waals surface area contributed by atoms with Gasteiger partial charge >= 0.3 is 6.36 Å². The SMILES string of the molecule is Cc1ccc(-c2cc(O)cc(OC(F)(F)F)c2)cc1Cl. The van der Waals surface area contributed by atoms with Crippen molar-refractivity contribution in [2.45, 2.75) is 13.3 Å². The molecule has 1 N–H and O–H groups in total. The number of ether oxygens (including phenoxy) is 1. The molecule has 0 aliphatic heterocycles. The van der Waals surface area contributed by atoms with Crippen molar-refractivity contribution in [2.75, 3.05) is 0 Å². The Kier molecular flexibility index (Phi) is 3.81. The van der Waals surface area contributed by atoms with Crippen LogP contribution in [0.5, 0.6) is 11.5 Å². The zero-order chi connectivity index (χ0) is 14.9. The van der Waals surface area contributed by atoms with E-state index in [0.29, 0.717) is 16.1 Å². The van der Waals surface area contributed by atoms with Crippen molar-refractivity contribution in [3.8, 4) is 22.6 Å². The molecule has 6 heteroatoms. The molecule has 0 amide bonds.